The molecule has 1 saturated heterocycles. The Morgan fingerprint density at radius 3 is 2.57 bits per heavy atom. The molecule has 0 aromatic carbocycles. The van der Waals surface area contributed by atoms with Gasteiger partial charge in [-0.3, -0.25) is 9.29 Å². The normalized spacial score (nSPS) is 18.3. The second-order valence-corrected chi connectivity index (χ2v) is 4.68. The summed E-state index contributed by atoms with van der Waals surface area (Å²) in [5.74, 6) is 1.09. The minimum atomic E-state index is 1.09. The second kappa shape index (κ2) is 5.37. The highest BCUT2D eigenvalue weighted by Gasteiger charge is 2.09. The van der Waals surface area contributed by atoms with Crippen LogP contribution in [-0.2, 0) is 5.75 Å². The molecule has 0 aliphatic carbocycles. The van der Waals surface area contributed by atoms with Crippen molar-refractivity contribution in [2.45, 2.75) is 25.0 Å². The van der Waals surface area contributed by atoms with Crippen LogP contribution in [0.25, 0.3) is 0 Å². The Morgan fingerprint density at radius 1 is 1.14 bits per heavy atom. The number of piperidine rings is 1. The summed E-state index contributed by atoms with van der Waals surface area (Å²) < 4.78 is 2.49. The third kappa shape index (κ3) is 3.00. The van der Waals surface area contributed by atoms with E-state index in [4.69, 9.17) is 0 Å². The molecule has 0 spiro atoms. The van der Waals surface area contributed by atoms with E-state index in [1.165, 1.54) is 37.9 Å². The zero-order valence-electron chi connectivity index (χ0n) is 8.35. The average Bonchev–Trinajstić information content (AvgIpc) is 2.29. The molecule has 1 aromatic rings. The maximum atomic E-state index is 4.02. The van der Waals surface area contributed by atoms with Crippen molar-refractivity contribution < 1.29 is 0 Å². The Hall–Kier alpha value is -0.540. The Balaban J connectivity index is 1.76. The van der Waals surface area contributed by atoms with Gasteiger partial charge in [-0.1, -0.05) is 18.4 Å². The smallest absolute Gasteiger partial charge is 0.0333 e. The third-order valence-corrected chi connectivity index (χ3v) is 3.67. The van der Waals surface area contributed by atoms with Gasteiger partial charge in [0.05, 0.1) is 0 Å². The Kier molecular flexibility index (Phi) is 3.83. The van der Waals surface area contributed by atoms with Crippen LogP contribution in [0, 0.1) is 0 Å². The average molecular weight is 208 g/mol. The van der Waals surface area contributed by atoms with E-state index < -0.39 is 0 Å². The first-order valence-electron chi connectivity index (χ1n) is 5.22. The summed E-state index contributed by atoms with van der Waals surface area (Å²) in [6, 6.07) is 4.19. The summed E-state index contributed by atoms with van der Waals surface area (Å²) in [6.07, 6.45) is 7.87. The maximum absolute atomic E-state index is 4.02. The molecule has 0 amide bonds. The van der Waals surface area contributed by atoms with Crippen molar-refractivity contribution in [3.63, 3.8) is 0 Å². The molecule has 1 aliphatic heterocycles. The number of hydrogen-bond donors (Lipinski definition) is 0. The van der Waals surface area contributed by atoms with Crippen molar-refractivity contribution in [3.8, 4) is 0 Å². The molecule has 0 atom stereocenters. The van der Waals surface area contributed by atoms with Crippen LogP contribution in [0.5, 0.6) is 0 Å². The molecule has 1 fully saturated rings. The van der Waals surface area contributed by atoms with Crippen molar-refractivity contribution in [2.24, 2.45) is 0 Å². The lowest BCUT2D eigenvalue weighted by molar-refractivity contribution is 0.380. The van der Waals surface area contributed by atoms with Crippen LogP contribution in [0.3, 0.4) is 0 Å². The number of nitrogens with zero attached hydrogens (tertiary/aromatic N) is 2. The van der Waals surface area contributed by atoms with E-state index in [2.05, 4.69) is 21.4 Å². The molecule has 2 nitrogen and oxygen atoms in total. The summed E-state index contributed by atoms with van der Waals surface area (Å²) in [5.41, 5.74) is 1.37. The Labute approximate surface area is 89.9 Å². The van der Waals surface area contributed by atoms with Crippen LogP contribution in [0.15, 0.2) is 24.5 Å². The molecule has 14 heavy (non-hydrogen) atoms. The van der Waals surface area contributed by atoms with Gasteiger partial charge in [0, 0.05) is 31.2 Å². The van der Waals surface area contributed by atoms with Crippen molar-refractivity contribution in [1.29, 1.82) is 0 Å². The van der Waals surface area contributed by atoms with E-state index in [0.29, 0.717) is 0 Å². The van der Waals surface area contributed by atoms with Gasteiger partial charge in [-0.25, -0.2) is 0 Å². The molecular weight excluding hydrogens is 192 g/mol. The number of pyridine rings is 1. The predicted octanol–water partition coefficient (Wildman–Crippen LogP) is 2.72. The van der Waals surface area contributed by atoms with Crippen LogP contribution in [-0.4, -0.2) is 22.4 Å². The van der Waals surface area contributed by atoms with Gasteiger partial charge in [-0.15, -0.1) is 0 Å². The molecular formula is C11H16N2S. The fourth-order valence-electron chi connectivity index (χ4n) is 1.64. The van der Waals surface area contributed by atoms with Gasteiger partial charge in [0.2, 0.25) is 0 Å². The first-order chi connectivity index (χ1) is 6.95. The highest BCUT2D eigenvalue weighted by Crippen LogP contribution is 2.21. The fraction of sp³-hybridized carbons (Fsp3) is 0.545. The van der Waals surface area contributed by atoms with Crippen LogP contribution in [0.4, 0.5) is 0 Å². The number of rotatable bonds is 3. The lowest BCUT2D eigenvalue weighted by Crippen LogP contribution is -2.23. The topological polar surface area (TPSA) is 16.1 Å². The lowest BCUT2D eigenvalue weighted by atomic mass is 10.2. The first kappa shape index (κ1) is 9.99. The van der Waals surface area contributed by atoms with Gasteiger partial charge < -0.3 is 0 Å². The van der Waals surface area contributed by atoms with Crippen molar-refractivity contribution in [3.05, 3.63) is 30.1 Å². The number of hydrogen-bond acceptors (Lipinski definition) is 3. The molecule has 1 aliphatic rings. The van der Waals surface area contributed by atoms with Crippen LogP contribution < -0.4 is 0 Å². The van der Waals surface area contributed by atoms with Gasteiger partial charge in [0.1, 0.15) is 0 Å². The van der Waals surface area contributed by atoms with E-state index in [0.717, 1.165) is 5.75 Å². The van der Waals surface area contributed by atoms with E-state index in [1.807, 2.05) is 24.3 Å². The molecule has 76 valence electrons. The molecule has 1 aromatic heterocycles. The molecule has 0 saturated carbocycles. The quantitative estimate of drug-likeness (QED) is 0.711. The van der Waals surface area contributed by atoms with Gasteiger partial charge in [-0.2, -0.15) is 0 Å². The van der Waals surface area contributed by atoms with E-state index in [1.54, 1.807) is 0 Å². The molecule has 3 heteroatoms. The summed E-state index contributed by atoms with van der Waals surface area (Å²) in [7, 11) is 0. The molecule has 2 rings (SSSR count). The van der Waals surface area contributed by atoms with E-state index in [-0.39, 0.29) is 0 Å². The fourth-order valence-corrected chi connectivity index (χ4v) is 2.68. The highest BCUT2D eigenvalue weighted by atomic mass is 32.2. The van der Waals surface area contributed by atoms with Gasteiger partial charge in [0.15, 0.2) is 0 Å². The monoisotopic (exact) mass is 208 g/mol. The molecule has 0 radical (unpaired) electrons. The summed E-state index contributed by atoms with van der Waals surface area (Å²) >= 11 is 1.96. The Morgan fingerprint density at radius 2 is 1.86 bits per heavy atom. The van der Waals surface area contributed by atoms with Crippen LogP contribution >= 0.6 is 11.9 Å². The summed E-state index contributed by atoms with van der Waals surface area (Å²) in [5, 5.41) is 0. The number of aromatic nitrogens is 1. The Bertz CT molecular complexity index is 257. The van der Waals surface area contributed by atoms with E-state index in [9.17, 15) is 0 Å². The van der Waals surface area contributed by atoms with E-state index >= 15 is 0 Å². The van der Waals surface area contributed by atoms with Crippen molar-refractivity contribution in [1.82, 2.24) is 9.29 Å². The molecule has 0 N–H and O–H groups in total. The van der Waals surface area contributed by atoms with Crippen LogP contribution in [0.2, 0.25) is 0 Å². The standard InChI is InChI=1S/C11H16N2S/c1-2-8-13(9-3-1)14-10-11-4-6-12-7-5-11/h4-7H,1-3,8-10H2. The highest BCUT2D eigenvalue weighted by molar-refractivity contribution is 7.96. The van der Waals surface area contributed by atoms with Gasteiger partial charge in [-0.05, 0) is 30.5 Å². The zero-order valence-corrected chi connectivity index (χ0v) is 9.17. The molecule has 0 unspecified atom stereocenters. The van der Waals surface area contributed by atoms with Crippen LogP contribution in [0.1, 0.15) is 24.8 Å². The maximum Gasteiger partial charge on any atom is 0.0333 e. The predicted molar refractivity (Wildman–Crippen MR) is 61.0 cm³/mol. The summed E-state index contributed by atoms with van der Waals surface area (Å²) in [6.45, 7) is 2.52. The lowest BCUT2D eigenvalue weighted by Gasteiger charge is -2.24. The zero-order chi connectivity index (χ0) is 9.64. The molecule has 2 heterocycles. The SMILES string of the molecule is c1cc(CSN2CCCCC2)ccn1. The minimum absolute atomic E-state index is 1.09. The second-order valence-electron chi connectivity index (χ2n) is 3.62. The first-order valence-corrected chi connectivity index (χ1v) is 6.16. The van der Waals surface area contributed by atoms with Crippen molar-refractivity contribution >= 4 is 11.9 Å². The van der Waals surface area contributed by atoms with Gasteiger partial charge in [0.25, 0.3) is 0 Å². The van der Waals surface area contributed by atoms with Crippen molar-refractivity contribution in [2.75, 3.05) is 13.1 Å². The third-order valence-electron chi connectivity index (χ3n) is 2.48. The largest absolute Gasteiger partial charge is 0.265 e. The molecule has 0 bridgehead atoms. The van der Waals surface area contributed by atoms with Gasteiger partial charge >= 0.3 is 0 Å². The summed E-state index contributed by atoms with van der Waals surface area (Å²) in [4.78, 5) is 4.02. The minimum Gasteiger partial charge on any atom is -0.265 e.